The van der Waals surface area contributed by atoms with Gasteiger partial charge in [0.05, 0.1) is 0 Å². The van der Waals surface area contributed by atoms with Crippen LogP contribution in [0.5, 0.6) is 0 Å². The largest absolute Gasteiger partial charge is 0.360 e. The van der Waals surface area contributed by atoms with Crippen LogP contribution in [-0.2, 0) is 14.8 Å². The van der Waals surface area contributed by atoms with Gasteiger partial charge in [0.15, 0.2) is 5.76 Å². The first-order chi connectivity index (χ1) is 13.8. The highest BCUT2D eigenvalue weighted by Crippen LogP contribution is 2.55. The van der Waals surface area contributed by atoms with Gasteiger partial charge in [0.1, 0.15) is 10.6 Å². The Bertz CT molecular complexity index is 860. The Morgan fingerprint density at radius 1 is 1.07 bits per heavy atom. The maximum atomic E-state index is 13.1. The number of rotatable bonds is 4. The molecule has 160 valence electrons. The molecule has 8 heteroatoms. The van der Waals surface area contributed by atoms with Crippen LogP contribution in [0.4, 0.5) is 0 Å². The van der Waals surface area contributed by atoms with Gasteiger partial charge in [0.2, 0.25) is 15.9 Å². The van der Waals surface area contributed by atoms with Crippen LogP contribution in [0.1, 0.15) is 62.8 Å². The number of sulfonamides is 1. The van der Waals surface area contributed by atoms with Crippen LogP contribution in [0.3, 0.4) is 0 Å². The van der Waals surface area contributed by atoms with Crippen molar-refractivity contribution in [2.75, 3.05) is 13.1 Å². The summed E-state index contributed by atoms with van der Waals surface area (Å²) >= 11 is 0. The molecule has 4 saturated carbocycles. The first-order valence-electron chi connectivity index (χ1n) is 11.0. The summed E-state index contributed by atoms with van der Waals surface area (Å²) in [5.74, 6) is 2.75. The molecule has 0 unspecified atom stereocenters. The van der Waals surface area contributed by atoms with Crippen molar-refractivity contribution in [3.8, 4) is 0 Å². The normalized spacial score (nSPS) is 35.2. The van der Waals surface area contributed by atoms with Gasteiger partial charge in [0.25, 0.3) is 0 Å². The zero-order valence-corrected chi connectivity index (χ0v) is 18.1. The Labute approximate surface area is 172 Å². The van der Waals surface area contributed by atoms with Crippen LogP contribution >= 0.6 is 0 Å². The Kier molecular flexibility index (Phi) is 4.59. The fraction of sp³-hybridized carbons (Fsp3) is 0.810. The predicted octanol–water partition coefficient (Wildman–Crippen LogP) is 2.78. The average Bonchev–Trinajstić information content (AvgIpc) is 2.99. The molecule has 4 aliphatic carbocycles. The van der Waals surface area contributed by atoms with Crippen molar-refractivity contribution in [1.29, 1.82) is 0 Å². The number of aryl methyl sites for hydroxylation is 2. The smallest absolute Gasteiger partial charge is 0.248 e. The third kappa shape index (κ3) is 3.32. The first-order valence-corrected chi connectivity index (χ1v) is 12.4. The highest BCUT2D eigenvalue weighted by Gasteiger charge is 2.52. The van der Waals surface area contributed by atoms with Gasteiger partial charge in [-0.25, -0.2) is 8.42 Å². The molecule has 0 spiro atoms. The Balaban J connectivity index is 1.23. The van der Waals surface area contributed by atoms with Crippen molar-refractivity contribution >= 4 is 15.9 Å². The Morgan fingerprint density at radius 3 is 2.10 bits per heavy atom. The fourth-order valence-electron chi connectivity index (χ4n) is 6.96. The van der Waals surface area contributed by atoms with E-state index in [1.54, 1.807) is 13.8 Å². The molecule has 5 aliphatic rings. The van der Waals surface area contributed by atoms with Crippen LogP contribution in [0.15, 0.2) is 9.42 Å². The second-order valence-electron chi connectivity index (χ2n) is 10.0. The number of amides is 1. The van der Waals surface area contributed by atoms with E-state index in [0.717, 1.165) is 37.0 Å². The Hall–Kier alpha value is -1.41. The topological polar surface area (TPSA) is 92.5 Å². The molecule has 4 bridgehead atoms. The van der Waals surface area contributed by atoms with Gasteiger partial charge in [-0.2, -0.15) is 4.31 Å². The molecule has 5 fully saturated rings. The van der Waals surface area contributed by atoms with Crippen LogP contribution in [0, 0.1) is 37.5 Å². The molecule has 1 amide bonds. The summed E-state index contributed by atoms with van der Waals surface area (Å²) in [5.41, 5.74) is 0.412. The van der Waals surface area contributed by atoms with E-state index in [-0.39, 0.29) is 22.3 Å². The SMILES string of the molecule is Cc1noc(C)c1S(=O)(=O)N1CCC(C(=O)NC23CC4CC(CC(C4)C2)C3)CC1. The summed E-state index contributed by atoms with van der Waals surface area (Å²) in [7, 11) is -3.63. The third-order valence-corrected chi connectivity index (χ3v) is 9.96. The molecule has 1 saturated heterocycles. The maximum absolute atomic E-state index is 13.1. The summed E-state index contributed by atoms with van der Waals surface area (Å²) < 4.78 is 32.5. The number of nitrogens with zero attached hydrogens (tertiary/aromatic N) is 2. The van der Waals surface area contributed by atoms with Crippen LogP contribution in [-0.4, -0.2) is 42.4 Å². The van der Waals surface area contributed by atoms with Crippen molar-refractivity contribution in [2.24, 2.45) is 23.7 Å². The van der Waals surface area contributed by atoms with Gasteiger partial charge < -0.3 is 9.84 Å². The minimum atomic E-state index is -3.63. The molecular formula is C21H31N3O4S. The number of piperidine rings is 1. The molecule has 0 radical (unpaired) electrons. The molecule has 2 heterocycles. The standard InChI is InChI=1S/C21H31N3O4S/c1-13-19(14(2)28-23-13)29(26,27)24-5-3-18(4-6-24)20(25)22-21-10-15-7-16(11-21)9-17(8-15)12-21/h15-18H,3-12H2,1-2H3,(H,22,25). The van der Waals surface area contributed by atoms with E-state index < -0.39 is 10.0 Å². The maximum Gasteiger partial charge on any atom is 0.248 e. The molecule has 1 aliphatic heterocycles. The van der Waals surface area contributed by atoms with Crippen molar-refractivity contribution in [3.05, 3.63) is 11.5 Å². The zero-order valence-electron chi connectivity index (χ0n) is 17.3. The number of carbonyl (C=O) groups excluding carboxylic acids is 1. The highest BCUT2D eigenvalue weighted by molar-refractivity contribution is 7.89. The molecule has 1 N–H and O–H groups in total. The summed E-state index contributed by atoms with van der Waals surface area (Å²) in [6.45, 7) is 4.00. The molecule has 7 nitrogen and oxygen atoms in total. The zero-order chi connectivity index (χ0) is 20.4. The van der Waals surface area contributed by atoms with E-state index in [0.29, 0.717) is 37.4 Å². The lowest BCUT2D eigenvalue weighted by Gasteiger charge is -2.57. The molecule has 1 aromatic rings. The lowest BCUT2D eigenvalue weighted by molar-refractivity contribution is -0.132. The molecule has 6 rings (SSSR count). The van der Waals surface area contributed by atoms with Gasteiger partial charge in [-0.05, 0) is 83.0 Å². The quantitative estimate of drug-likeness (QED) is 0.807. The minimum absolute atomic E-state index is 0.0196. The van der Waals surface area contributed by atoms with E-state index in [1.165, 1.54) is 23.6 Å². The van der Waals surface area contributed by atoms with E-state index in [4.69, 9.17) is 4.52 Å². The molecule has 0 aromatic carbocycles. The van der Waals surface area contributed by atoms with Crippen LogP contribution in [0.2, 0.25) is 0 Å². The van der Waals surface area contributed by atoms with Gasteiger partial charge in [-0.15, -0.1) is 0 Å². The molecule has 0 atom stereocenters. The van der Waals surface area contributed by atoms with Gasteiger partial charge in [-0.3, -0.25) is 4.79 Å². The van der Waals surface area contributed by atoms with Gasteiger partial charge in [0, 0.05) is 24.5 Å². The summed E-state index contributed by atoms with van der Waals surface area (Å²) in [6.07, 6.45) is 8.63. The second kappa shape index (κ2) is 6.80. The van der Waals surface area contributed by atoms with Crippen molar-refractivity contribution < 1.29 is 17.7 Å². The summed E-state index contributed by atoms with van der Waals surface area (Å²) in [4.78, 5) is 13.2. The third-order valence-electron chi connectivity index (χ3n) is 7.82. The van der Waals surface area contributed by atoms with E-state index in [1.807, 2.05) is 0 Å². The number of carbonyl (C=O) groups is 1. The number of aromatic nitrogens is 1. The van der Waals surface area contributed by atoms with Crippen molar-refractivity contribution in [3.63, 3.8) is 0 Å². The first kappa shape index (κ1) is 19.5. The van der Waals surface area contributed by atoms with Crippen molar-refractivity contribution in [1.82, 2.24) is 14.8 Å². The Morgan fingerprint density at radius 2 is 1.62 bits per heavy atom. The highest BCUT2D eigenvalue weighted by atomic mass is 32.2. The predicted molar refractivity (Wildman–Crippen MR) is 107 cm³/mol. The fourth-order valence-corrected chi connectivity index (χ4v) is 8.72. The van der Waals surface area contributed by atoms with E-state index in [9.17, 15) is 13.2 Å². The number of hydrogen-bond acceptors (Lipinski definition) is 5. The van der Waals surface area contributed by atoms with Gasteiger partial charge in [-0.1, -0.05) is 5.16 Å². The lowest BCUT2D eigenvalue weighted by Crippen LogP contribution is -2.61. The number of hydrogen-bond donors (Lipinski definition) is 1. The monoisotopic (exact) mass is 421 g/mol. The van der Waals surface area contributed by atoms with E-state index in [2.05, 4.69) is 10.5 Å². The molecule has 29 heavy (non-hydrogen) atoms. The molecular weight excluding hydrogens is 390 g/mol. The van der Waals surface area contributed by atoms with Crippen LogP contribution < -0.4 is 5.32 Å². The average molecular weight is 422 g/mol. The van der Waals surface area contributed by atoms with Crippen LogP contribution in [0.25, 0.3) is 0 Å². The number of nitrogens with one attached hydrogen (secondary N) is 1. The lowest BCUT2D eigenvalue weighted by atomic mass is 9.53. The molecule has 1 aromatic heterocycles. The van der Waals surface area contributed by atoms with E-state index >= 15 is 0 Å². The summed E-state index contributed by atoms with van der Waals surface area (Å²) in [6, 6.07) is 0. The summed E-state index contributed by atoms with van der Waals surface area (Å²) in [5, 5.41) is 7.24. The van der Waals surface area contributed by atoms with Gasteiger partial charge >= 0.3 is 0 Å². The second-order valence-corrected chi connectivity index (χ2v) is 11.9. The van der Waals surface area contributed by atoms with Crippen molar-refractivity contribution in [2.45, 2.75) is 75.6 Å². The minimum Gasteiger partial charge on any atom is -0.360 e.